The molecule has 2 rings (SSSR count). The minimum absolute atomic E-state index is 0.164. The number of aromatic nitrogens is 1. The molecule has 0 spiro atoms. The van der Waals surface area contributed by atoms with E-state index in [0.717, 1.165) is 12.2 Å². The largest absolute Gasteiger partial charge is 0.441 e. The second kappa shape index (κ2) is 4.57. The molecular formula is C11H16N2O3. The number of anilines is 1. The van der Waals surface area contributed by atoms with E-state index < -0.39 is 0 Å². The van der Waals surface area contributed by atoms with Gasteiger partial charge in [-0.3, -0.25) is 4.90 Å². The van der Waals surface area contributed by atoms with E-state index in [1.807, 2.05) is 23.0 Å². The molecule has 1 aliphatic rings. The standard InChI is InChI=1S/C11H16N2O3/c1-3-12-5-4-9(6-12)13-7-10(8-15-2)16-11(13)14/h4-6,10H,3,7-8H2,1-2H3/t10-/m1/s1. The van der Waals surface area contributed by atoms with E-state index in [1.165, 1.54) is 0 Å². The van der Waals surface area contributed by atoms with Crippen LogP contribution in [0.4, 0.5) is 10.5 Å². The van der Waals surface area contributed by atoms with Crippen LogP contribution in [-0.4, -0.2) is 37.0 Å². The first-order valence-corrected chi connectivity index (χ1v) is 5.37. The Hall–Kier alpha value is -1.49. The quantitative estimate of drug-likeness (QED) is 0.778. The summed E-state index contributed by atoms with van der Waals surface area (Å²) in [5.74, 6) is 0. The molecule has 0 radical (unpaired) electrons. The van der Waals surface area contributed by atoms with Crippen molar-refractivity contribution in [1.29, 1.82) is 0 Å². The van der Waals surface area contributed by atoms with Gasteiger partial charge >= 0.3 is 6.09 Å². The van der Waals surface area contributed by atoms with Crippen molar-refractivity contribution >= 4 is 11.8 Å². The fourth-order valence-corrected chi connectivity index (χ4v) is 1.79. The smallest absolute Gasteiger partial charge is 0.414 e. The third kappa shape index (κ3) is 2.04. The minimum atomic E-state index is -0.295. The number of ether oxygens (including phenoxy) is 2. The van der Waals surface area contributed by atoms with Crippen LogP contribution in [0.3, 0.4) is 0 Å². The number of nitrogens with zero attached hydrogens (tertiary/aromatic N) is 2. The van der Waals surface area contributed by atoms with Crippen LogP contribution >= 0.6 is 0 Å². The second-order valence-electron chi connectivity index (χ2n) is 3.77. The molecule has 1 amide bonds. The molecule has 88 valence electrons. The molecule has 5 nitrogen and oxygen atoms in total. The summed E-state index contributed by atoms with van der Waals surface area (Å²) in [5, 5.41) is 0. The van der Waals surface area contributed by atoms with Gasteiger partial charge in [-0.2, -0.15) is 0 Å². The highest BCUT2D eigenvalue weighted by molar-refractivity contribution is 5.89. The molecule has 5 heteroatoms. The molecule has 1 aromatic rings. The van der Waals surface area contributed by atoms with Crippen molar-refractivity contribution in [3.05, 3.63) is 18.5 Å². The first-order valence-electron chi connectivity index (χ1n) is 5.37. The molecule has 0 aromatic carbocycles. The van der Waals surface area contributed by atoms with Crippen LogP contribution in [-0.2, 0) is 16.0 Å². The topological polar surface area (TPSA) is 43.7 Å². The summed E-state index contributed by atoms with van der Waals surface area (Å²) in [6, 6.07) is 1.92. The number of cyclic esters (lactones) is 1. The van der Waals surface area contributed by atoms with Gasteiger partial charge in [0.15, 0.2) is 0 Å². The molecule has 1 aromatic heterocycles. The zero-order valence-corrected chi connectivity index (χ0v) is 9.55. The zero-order chi connectivity index (χ0) is 11.5. The van der Waals surface area contributed by atoms with Gasteiger partial charge in [-0.25, -0.2) is 4.79 Å². The third-order valence-electron chi connectivity index (χ3n) is 2.64. The van der Waals surface area contributed by atoms with Gasteiger partial charge in [0.1, 0.15) is 6.10 Å². The number of aryl methyl sites for hydroxylation is 1. The number of hydrogen-bond donors (Lipinski definition) is 0. The van der Waals surface area contributed by atoms with Crippen LogP contribution in [0.25, 0.3) is 0 Å². The Labute approximate surface area is 94.5 Å². The Morgan fingerprint density at radius 2 is 2.44 bits per heavy atom. The van der Waals surface area contributed by atoms with E-state index in [9.17, 15) is 4.79 Å². The third-order valence-corrected chi connectivity index (χ3v) is 2.64. The number of hydrogen-bond acceptors (Lipinski definition) is 3. The normalized spacial score (nSPS) is 20.2. The number of rotatable bonds is 4. The predicted octanol–water partition coefficient (Wildman–Crippen LogP) is 1.48. The fraction of sp³-hybridized carbons (Fsp3) is 0.545. The SMILES string of the molecule is CCn1ccc(N2C[C@H](COC)OC2=O)c1. The number of methoxy groups -OCH3 is 1. The van der Waals surface area contributed by atoms with Crippen molar-refractivity contribution < 1.29 is 14.3 Å². The van der Waals surface area contributed by atoms with Crippen LogP contribution in [0.5, 0.6) is 0 Å². The van der Waals surface area contributed by atoms with E-state index in [0.29, 0.717) is 13.2 Å². The zero-order valence-electron chi connectivity index (χ0n) is 9.55. The molecule has 0 bridgehead atoms. The fourth-order valence-electron chi connectivity index (χ4n) is 1.79. The highest BCUT2D eigenvalue weighted by Gasteiger charge is 2.32. The molecule has 1 fully saturated rings. The molecule has 16 heavy (non-hydrogen) atoms. The first-order chi connectivity index (χ1) is 7.74. The summed E-state index contributed by atoms with van der Waals surface area (Å²) >= 11 is 0. The molecule has 0 aliphatic carbocycles. The predicted molar refractivity (Wildman–Crippen MR) is 59.6 cm³/mol. The van der Waals surface area contributed by atoms with E-state index in [1.54, 1.807) is 12.0 Å². The van der Waals surface area contributed by atoms with Gasteiger partial charge in [0.2, 0.25) is 0 Å². The van der Waals surface area contributed by atoms with Crippen molar-refractivity contribution in [2.75, 3.05) is 25.2 Å². The molecule has 0 N–H and O–H groups in total. The maximum absolute atomic E-state index is 11.6. The monoisotopic (exact) mass is 224 g/mol. The Bertz CT molecular complexity index is 375. The van der Waals surface area contributed by atoms with Crippen molar-refractivity contribution in [3.8, 4) is 0 Å². The Kier molecular flexibility index (Phi) is 3.14. The Balaban J connectivity index is 2.07. The Morgan fingerprint density at radius 1 is 1.62 bits per heavy atom. The van der Waals surface area contributed by atoms with Gasteiger partial charge in [0.05, 0.1) is 18.8 Å². The van der Waals surface area contributed by atoms with E-state index in [2.05, 4.69) is 6.92 Å². The maximum Gasteiger partial charge on any atom is 0.414 e. The highest BCUT2D eigenvalue weighted by atomic mass is 16.6. The molecule has 0 saturated carbocycles. The summed E-state index contributed by atoms with van der Waals surface area (Å²) in [6.07, 6.45) is 3.43. The first kappa shape index (κ1) is 11.0. The summed E-state index contributed by atoms with van der Waals surface area (Å²) in [6.45, 7) is 3.95. The van der Waals surface area contributed by atoms with Gasteiger partial charge in [-0.1, -0.05) is 0 Å². The van der Waals surface area contributed by atoms with E-state index >= 15 is 0 Å². The second-order valence-corrected chi connectivity index (χ2v) is 3.77. The lowest BCUT2D eigenvalue weighted by molar-refractivity contribution is 0.0718. The van der Waals surface area contributed by atoms with E-state index in [-0.39, 0.29) is 12.2 Å². The molecule has 2 heterocycles. The molecular weight excluding hydrogens is 208 g/mol. The van der Waals surface area contributed by atoms with Crippen LogP contribution in [0, 0.1) is 0 Å². The Morgan fingerprint density at radius 3 is 3.06 bits per heavy atom. The summed E-state index contributed by atoms with van der Waals surface area (Å²) in [7, 11) is 1.60. The van der Waals surface area contributed by atoms with Gasteiger partial charge < -0.3 is 14.0 Å². The summed E-state index contributed by atoms with van der Waals surface area (Å²) in [4.78, 5) is 13.2. The number of carbonyl (C=O) groups is 1. The van der Waals surface area contributed by atoms with Gasteiger partial charge in [0, 0.05) is 26.0 Å². The van der Waals surface area contributed by atoms with Crippen molar-refractivity contribution in [1.82, 2.24) is 4.57 Å². The van der Waals surface area contributed by atoms with Crippen LogP contribution < -0.4 is 4.90 Å². The molecule has 1 atom stereocenters. The molecule has 1 aliphatic heterocycles. The highest BCUT2D eigenvalue weighted by Crippen LogP contribution is 2.21. The summed E-state index contributed by atoms with van der Waals surface area (Å²) < 4.78 is 12.2. The number of carbonyl (C=O) groups excluding carboxylic acids is 1. The molecule has 1 saturated heterocycles. The molecule has 0 unspecified atom stereocenters. The van der Waals surface area contributed by atoms with Gasteiger partial charge in [-0.05, 0) is 13.0 Å². The van der Waals surface area contributed by atoms with Crippen molar-refractivity contribution in [3.63, 3.8) is 0 Å². The van der Waals surface area contributed by atoms with Gasteiger partial charge in [-0.15, -0.1) is 0 Å². The maximum atomic E-state index is 11.6. The van der Waals surface area contributed by atoms with E-state index in [4.69, 9.17) is 9.47 Å². The van der Waals surface area contributed by atoms with Crippen LogP contribution in [0.1, 0.15) is 6.92 Å². The van der Waals surface area contributed by atoms with Crippen LogP contribution in [0.15, 0.2) is 18.5 Å². The lowest BCUT2D eigenvalue weighted by Gasteiger charge is -2.09. The minimum Gasteiger partial charge on any atom is -0.441 e. The van der Waals surface area contributed by atoms with Crippen LogP contribution in [0.2, 0.25) is 0 Å². The average molecular weight is 224 g/mol. The summed E-state index contributed by atoms with van der Waals surface area (Å²) in [5.41, 5.74) is 0.880. The average Bonchev–Trinajstić information content (AvgIpc) is 2.85. The van der Waals surface area contributed by atoms with Crippen molar-refractivity contribution in [2.24, 2.45) is 0 Å². The lowest BCUT2D eigenvalue weighted by atomic mass is 10.3. The lowest BCUT2D eigenvalue weighted by Crippen LogP contribution is -2.25. The van der Waals surface area contributed by atoms with Gasteiger partial charge in [0.25, 0.3) is 0 Å². The van der Waals surface area contributed by atoms with Crippen molar-refractivity contribution in [2.45, 2.75) is 19.6 Å². The number of amides is 1.